The van der Waals surface area contributed by atoms with Gasteiger partial charge < -0.3 is 15.4 Å². The minimum absolute atomic E-state index is 0.0288. The molecule has 214 valence electrons. The Morgan fingerprint density at radius 3 is 2.60 bits per heavy atom. The van der Waals surface area contributed by atoms with E-state index in [1.807, 2.05) is 30.3 Å². The number of ether oxygens (including phenoxy) is 1. The monoisotopic (exact) mass is 557 g/mol. The van der Waals surface area contributed by atoms with Gasteiger partial charge in [0.15, 0.2) is 5.65 Å². The number of rotatable bonds is 7. The molecule has 3 heterocycles. The van der Waals surface area contributed by atoms with Crippen LogP contribution < -0.4 is 10.6 Å². The van der Waals surface area contributed by atoms with Gasteiger partial charge in [-0.1, -0.05) is 50.1 Å². The number of fused-ring (bicyclic) bond motifs is 1. The van der Waals surface area contributed by atoms with Crippen LogP contribution in [0.15, 0.2) is 42.5 Å². The highest BCUT2D eigenvalue weighted by Crippen LogP contribution is 2.38. The number of alkyl carbamates (subject to hydrolysis) is 1. The summed E-state index contributed by atoms with van der Waals surface area (Å²) in [5.41, 5.74) is 3.52. The fourth-order valence-electron chi connectivity index (χ4n) is 5.73. The van der Waals surface area contributed by atoms with Crippen LogP contribution in [-0.2, 0) is 29.1 Å². The number of aromatic nitrogens is 3. The molecule has 8 nitrogen and oxygen atoms in total. The number of benzene rings is 1. The number of imidazole rings is 1. The lowest BCUT2D eigenvalue weighted by Gasteiger charge is -2.30. The smallest absolute Gasteiger partial charge is 0.407 e. The number of alkyl halides is 3. The summed E-state index contributed by atoms with van der Waals surface area (Å²) in [7, 11) is 0. The number of hydrogen-bond donors (Lipinski definition) is 2. The quantitative estimate of drug-likeness (QED) is 0.411. The van der Waals surface area contributed by atoms with Gasteiger partial charge >= 0.3 is 12.3 Å². The Kier molecular flexibility index (Phi) is 8.27. The number of nitrogens with one attached hydrogen (secondary N) is 2. The predicted octanol–water partition coefficient (Wildman–Crippen LogP) is 5.31. The summed E-state index contributed by atoms with van der Waals surface area (Å²) in [4.78, 5) is 29.5. The van der Waals surface area contributed by atoms with Crippen molar-refractivity contribution in [2.75, 3.05) is 6.54 Å². The SMILES string of the molecule is CC1CCC(c2c(COC(=O)NCc3ccccc3)nc3ccc(C[C@H]4C[C@@H](C(F)(F)F)CNC4=O)nn23)CC1. The number of carbonyl (C=O) groups is 2. The molecule has 40 heavy (non-hydrogen) atoms. The summed E-state index contributed by atoms with van der Waals surface area (Å²) < 4.78 is 47.2. The van der Waals surface area contributed by atoms with Crippen molar-refractivity contribution in [2.24, 2.45) is 17.8 Å². The van der Waals surface area contributed by atoms with Crippen molar-refractivity contribution in [1.29, 1.82) is 0 Å². The van der Waals surface area contributed by atoms with E-state index in [4.69, 9.17) is 14.8 Å². The van der Waals surface area contributed by atoms with Gasteiger partial charge in [-0.25, -0.2) is 14.3 Å². The fourth-order valence-corrected chi connectivity index (χ4v) is 5.73. The Balaban J connectivity index is 1.35. The number of hydrogen-bond acceptors (Lipinski definition) is 5. The first-order valence-corrected chi connectivity index (χ1v) is 13.8. The second kappa shape index (κ2) is 11.9. The van der Waals surface area contributed by atoms with Crippen LogP contribution >= 0.6 is 0 Å². The molecule has 2 aliphatic rings. The van der Waals surface area contributed by atoms with Gasteiger partial charge in [-0.3, -0.25) is 4.79 Å². The molecule has 3 aromatic rings. The van der Waals surface area contributed by atoms with Crippen LogP contribution in [0, 0.1) is 17.8 Å². The Labute approximate surface area is 230 Å². The maximum Gasteiger partial charge on any atom is 0.407 e. The fraction of sp³-hybridized carbons (Fsp3) is 0.517. The predicted molar refractivity (Wildman–Crippen MR) is 141 cm³/mol. The molecule has 2 aromatic heterocycles. The Bertz CT molecular complexity index is 1340. The molecule has 1 aliphatic heterocycles. The maximum absolute atomic E-state index is 13.3. The van der Waals surface area contributed by atoms with Gasteiger partial charge in [0.2, 0.25) is 5.91 Å². The van der Waals surface area contributed by atoms with Crippen LogP contribution in [0.2, 0.25) is 0 Å². The highest BCUT2D eigenvalue weighted by atomic mass is 19.4. The zero-order valence-corrected chi connectivity index (χ0v) is 22.4. The summed E-state index contributed by atoms with van der Waals surface area (Å²) >= 11 is 0. The molecule has 2 N–H and O–H groups in total. The van der Waals surface area contributed by atoms with E-state index in [9.17, 15) is 22.8 Å². The third kappa shape index (κ3) is 6.56. The Hall–Kier alpha value is -3.63. The van der Waals surface area contributed by atoms with E-state index in [0.717, 1.165) is 36.9 Å². The first-order valence-electron chi connectivity index (χ1n) is 13.8. The normalized spacial score (nSPS) is 23.6. The molecule has 2 atom stereocenters. The van der Waals surface area contributed by atoms with E-state index in [-0.39, 0.29) is 37.8 Å². The van der Waals surface area contributed by atoms with Gasteiger partial charge in [-0.05, 0) is 42.9 Å². The van der Waals surface area contributed by atoms with Crippen molar-refractivity contribution in [3.63, 3.8) is 0 Å². The summed E-state index contributed by atoms with van der Waals surface area (Å²) in [5, 5.41) is 9.90. The molecule has 5 rings (SSSR count). The lowest BCUT2D eigenvalue weighted by atomic mass is 9.81. The van der Waals surface area contributed by atoms with Crippen LogP contribution in [0.5, 0.6) is 0 Å². The minimum Gasteiger partial charge on any atom is -0.443 e. The molecule has 0 spiro atoms. The molecule has 1 aliphatic carbocycles. The largest absolute Gasteiger partial charge is 0.443 e. The first kappa shape index (κ1) is 27.9. The van der Waals surface area contributed by atoms with Gasteiger partial charge in [-0.2, -0.15) is 18.3 Å². The van der Waals surface area contributed by atoms with Crippen molar-refractivity contribution in [1.82, 2.24) is 25.2 Å². The van der Waals surface area contributed by atoms with Gasteiger partial charge in [0.05, 0.1) is 17.3 Å². The Morgan fingerprint density at radius 1 is 1.12 bits per heavy atom. The average molecular weight is 558 g/mol. The zero-order chi connectivity index (χ0) is 28.3. The lowest BCUT2D eigenvalue weighted by Crippen LogP contribution is -2.47. The molecule has 11 heteroatoms. The minimum atomic E-state index is -4.36. The summed E-state index contributed by atoms with van der Waals surface area (Å²) in [6, 6.07) is 13.0. The lowest BCUT2D eigenvalue weighted by molar-refractivity contribution is -0.183. The highest BCUT2D eigenvalue weighted by Gasteiger charge is 2.44. The second-order valence-corrected chi connectivity index (χ2v) is 11.0. The standard InChI is InChI=1S/C29H34F3N5O3/c1-18-7-9-20(10-8-18)26-24(17-40-28(39)34-15-19-5-3-2-4-6-19)35-25-12-11-23(36-37(25)26)14-21-13-22(29(30,31)32)16-33-27(21)38/h2-6,11-12,18,20-22H,7-10,13-17H2,1H3,(H,33,38)(H,34,39)/t18?,20?,21-,22-/m1/s1. The maximum atomic E-state index is 13.3. The van der Waals surface area contributed by atoms with E-state index in [1.165, 1.54) is 0 Å². The van der Waals surface area contributed by atoms with Crippen LogP contribution in [-0.4, -0.2) is 39.3 Å². The Morgan fingerprint density at radius 2 is 1.88 bits per heavy atom. The van der Waals surface area contributed by atoms with Crippen molar-refractivity contribution in [3.8, 4) is 0 Å². The van der Waals surface area contributed by atoms with Crippen molar-refractivity contribution in [3.05, 3.63) is 65.1 Å². The number of piperidine rings is 1. The van der Waals surface area contributed by atoms with E-state index >= 15 is 0 Å². The number of halogens is 3. The number of amides is 2. The van der Waals surface area contributed by atoms with Crippen LogP contribution in [0.3, 0.4) is 0 Å². The van der Waals surface area contributed by atoms with Gasteiger partial charge in [-0.15, -0.1) is 0 Å². The average Bonchev–Trinajstić information content (AvgIpc) is 3.30. The summed E-state index contributed by atoms with van der Waals surface area (Å²) in [6.07, 6.45) is -1.10. The van der Waals surface area contributed by atoms with Crippen molar-refractivity contribution < 1.29 is 27.5 Å². The molecule has 2 fully saturated rings. The molecule has 0 bridgehead atoms. The molecular formula is C29H34F3N5O3. The van der Waals surface area contributed by atoms with Crippen LogP contribution in [0.4, 0.5) is 18.0 Å². The molecule has 1 saturated carbocycles. The van der Waals surface area contributed by atoms with Gasteiger partial charge in [0.25, 0.3) is 0 Å². The van der Waals surface area contributed by atoms with E-state index in [2.05, 4.69) is 17.6 Å². The van der Waals surface area contributed by atoms with Crippen LogP contribution in [0.25, 0.3) is 5.65 Å². The van der Waals surface area contributed by atoms with Crippen molar-refractivity contribution in [2.45, 2.75) is 70.7 Å². The third-order valence-corrected chi connectivity index (χ3v) is 8.05. The van der Waals surface area contributed by atoms with Gasteiger partial charge in [0.1, 0.15) is 12.3 Å². The molecule has 1 aromatic carbocycles. The zero-order valence-electron chi connectivity index (χ0n) is 22.4. The number of nitrogens with zero attached hydrogens (tertiary/aromatic N) is 3. The van der Waals surface area contributed by atoms with Crippen LogP contribution in [0.1, 0.15) is 67.6 Å². The summed E-state index contributed by atoms with van der Waals surface area (Å²) in [6.45, 7) is 2.15. The molecule has 0 unspecified atom stereocenters. The summed E-state index contributed by atoms with van der Waals surface area (Å²) in [5.74, 6) is -1.99. The second-order valence-electron chi connectivity index (χ2n) is 11.0. The number of carbonyl (C=O) groups excluding carboxylic acids is 2. The topological polar surface area (TPSA) is 97.6 Å². The highest BCUT2D eigenvalue weighted by molar-refractivity contribution is 5.79. The molecule has 1 saturated heterocycles. The first-order chi connectivity index (χ1) is 19.2. The van der Waals surface area contributed by atoms with Crippen molar-refractivity contribution >= 4 is 17.6 Å². The van der Waals surface area contributed by atoms with E-state index < -0.39 is 24.1 Å². The third-order valence-electron chi connectivity index (χ3n) is 8.05. The molecular weight excluding hydrogens is 523 g/mol. The molecule has 0 radical (unpaired) electrons. The van der Waals surface area contributed by atoms with Gasteiger partial charge in [0, 0.05) is 31.3 Å². The molecule has 2 amide bonds. The van der Waals surface area contributed by atoms with E-state index in [0.29, 0.717) is 29.5 Å². The van der Waals surface area contributed by atoms with E-state index in [1.54, 1.807) is 16.6 Å².